The molecule has 8 nitrogen and oxygen atoms in total. The molecule has 0 aliphatic rings. The summed E-state index contributed by atoms with van der Waals surface area (Å²) >= 11 is 4.65. The van der Waals surface area contributed by atoms with E-state index in [1.165, 1.54) is 43.7 Å². The van der Waals surface area contributed by atoms with Crippen LogP contribution in [0.2, 0.25) is 0 Å². The van der Waals surface area contributed by atoms with Crippen molar-refractivity contribution >= 4 is 33.7 Å². The van der Waals surface area contributed by atoms with Crippen molar-refractivity contribution < 1.29 is 22.1 Å². The van der Waals surface area contributed by atoms with Crippen LogP contribution in [0.3, 0.4) is 0 Å². The second-order valence-electron chi connectivity index (χ2n) is 5.09. The number of hydrazone groups is 1. The predicted molar refractivity (Wildman–Crippen MR) is 106 cm³/mol. The number of nitrogens with one attached hydrogen (secondary N) is 1. The molecule has 2 aromatic rings. The average molecular weight is 409 g/mol. The minimum Gasteiger partial charge on any atom is -0.497 e. The first-order valence-corrected chi connectivity index (χ1v) is 9.61. The zero-order valence-electron chi connectivity index (χ0n) is 14.7. The number of ether oxygens (including phenoxy) is 2. The normalized spacial score (nSPS) is 11.2. The van der Waals surface area contributed by atoms with Crippen molar-refractivity contribution in [2.45, 2.75) is 11.8 Å². The summed E-state index contributed by atoms with van der Waals surface area (Å²) in [4.78, 5) is -0.00274. The van der Waals surface area contributed by atoms with E-state index in [-0.39, 0.29) is 21.5 Å². The quantitative estimate of drug-likeness (QED) is 0.295. The Morgan fingerprint density at radius 1 is 1.22 bits per heavy atom. The van der Waals surface area contributed by atoms with Gasteiger partial charge in [0, 0.05) is 0 Å². The van der Waals surface area contributed by atoms with Crippen molar-refractivity contribution in [2.24, 2.45) is 10.8 Å². The molecule has 0 aliphatic carbocycles. The third kappa shape index (κ3) is 5.83. The van der Waals surface area contributed by atoms with Gasteiger partial charge in [-0.1, -0.05) is 0 Å². The Morgan fingerprint density at radius 3 is 2.52 bits per heavy atom. The fourth-order valence-electron chi connectivity index (χ4n) is 2.02. The standard InChI is InChI=1S/C17H19N3O5S2/c1-3-24-16-10-12(11-19-20-17(18)26)4-9-15(16)25-27(21,22)14-7-5-13(23-2)6-8-14/h4-11H,3H2,1-2H3,(H3,18,20,26). The van der Waals surface area contributed by atoms with Crippen molar-refractivity contribution in [2.75, 3.05) is 13.7 Å². The van der Waals surface area contributed by atoms with Crippen LogP contribution in [0.15, 0.2) is 52.5 Å². The highest BCUT2D eigenvalue weighted by Crippen LogP contribution is 2.31. The van der Waals surface area contributed by atoms with Gasteiger partial charge in [-0.05, 0) is 67.2 Å². The van der Waals surface area contributed by atoms with Gasteiger partial charge in [0.25, 0.3) is 0 Å². The molecule has 3 N–H and O–H groups in total. The maximum atomic E-state index is 12.5. The number of rotatable bonds is 8. The smallest absolute Gasteiger partial charge is 0.339 e. The van der Waals surface area contributed by atoms with Gasteiger partial charge in [0.1, 0.15) is 10.6 Å². The number of nitrogens with zero attached hydrogens (tertiary/aromatic N) is 1. The lowest BCUT2D eigenvalue weighted by molar-refractivity contribution is 0.327. The Kier molecular flexibility index (Phi) is 6.97. The van der Waals surface area contributed by atoms with Gasteiger partial charge in [0.2, 0.25) is 0 Å². The lowest BCUT2D eigenvalue weighted by Crippen LogP contribution is -2.23. The van der Waals surface area contributed by atoms with Gasteiger partial charge < -0.3 is 19.4 Å². The Hall–Kier alpha value is -2.85. The predicted octanol–water partition coefficient (Wildman–Crippen LogP) is 2.03. The number of nitrogens with two attached hydrogens (primary N) is 1. The van der Waals surface area contributed by atoms with Crippen molar-refractivity contribution in [1.82, 2.24) is 5.43 Å². The summed E-state index contributed by atoms with van der Waals surface area (Å²) in [5.41, 5.74) is 8.35. The van der Waals surface area contributed by atoms with E-state index in [2.05, 4.69) is 22.7 Å². The molecular weight excluding hydrogens is 390 g/mol. The van der Waals surface area contributed by atoms with Crippen LogP contribution < -0.4 is 24.8 Å². The number of benzene rings is 2. The van der Waals surface area contributed by atoms with E-state index in [0.29, 0.717) is 17.9 Å². The van der Waals surface area contributed by atoms with Crippen LogP contribution in [-0.2, 0) is 10.1 Å². The summed E-state index contributed by atoms with van der Waals surface area (Å²) in [6.07, 6.45) is 1.46. The first-order chi connectivity index (χ1) is 12.9. The number of methoxy groups -OCH3 is 1. The van der Waals surface area contributed by atoms with E-state index >= 15 is 0 Å². The van der Waals surface area contributed by atoms with Gasteiger partial charge in [0.15, 0.2) is 16.6 Å². The lowest BCUT2D eigenvalue weighted by Gasteiger charge is -2.12. The van der Waals surface area contributed by atoms with Gasteiger partial charge in [0.05, 0.1) is 19.9 Å². The van der Waals surface area contributed by atoms with E-state index in [1.54, 1.807) is 19.1 Å². The van der Waals surface area contributed by atoms with Crippen molar-refractivity contribution in [3.63, 3.8) is 0 Å². The highest BCUT2D eigenvalue weighted by Gasteiger charge is 2.19. The Morgan fingerprint density at radius 2 is 1.93 bits per heavy atom. The summed E-state index contributed by atoms with van der Waals surface area (Å²) < 4.78 is 40.8. The van der Waals surface area contributed by atoms with Crippen LogP contribution in [-0.4, -0.2) is 33.5 Å². The third-order valence-electron chi connectivity index (χ3n) is 3.20. The van der Waals surface area contributed by atoms with Crippen molar-refractivity contribution in [3.05, 3.63) is 48.0 Å². The minimum atomic E-state index is -4.04. The third-order valence-corrected chi connectivity index (χ3v) is 4.54. The van der Waals surface area contributed by atoms with Gasteiger partial charge in [-0.3, -0.25) is 5.43 Å². The van der Waals surface area contributed by atoms with Gasteiger partial charge in [-0.25, -0.2) is 0 Å². The molecule has 0 atom stereocenters. The van der Waals surface area contributed by atoms with E-state index in [4.69, 9.17) is 19.4 Å². The molecule has 0 aliphatic heterocycles. The molecule has 0 heterocycles. The Labute approximate surface area is 163 Å². The van der Waals surface area contributed by atoms with E-state index in [9.17, 15) is 8.42 Å². The molecule has 0 saturated heterocycles. The summed E-state index contributed by atoms with van der Waals surface area (Å²) in [7, 11) is -2.54. The monoisotopic (exact) mass is 409 g/mol. The van der Waals surface area contributed by atoms with Crippen molar-refractivity contribution in [3.8, 4) is 17.2 Å². The second-order valence-corrected chi connectivity index (χ2v) is 7.07. The SMILES string of the molecule is CCOc1cc(C=NNC(N)=S)ccc1OS(=O)(=O)c1ccc(OC)cc1. The fourth-order valence-corrected chi connectivity index (χ4v) is 3.01. The van der Waals surface area contributed by atoms with Crippen LogP contribution in [0.4, 0.5) is 0 Å². The number of thiocarbonyl (C=S) groups is 1. The van der Waals surface area contributed by atoms with Gasteiger partial charge in [-0.15, -0.1) is 0 Å². The van der Waals surface area contributed by atoms with E-state index in [0.717, 1.165) is 0 Å². The second kappa shape index (κ2) is 9.19. The molecule has 2 rings (SSSR count). The molecule has 0 saturated carbocycles. The highest BCUT2D eigenvalue weighted by molar-refractivity contribution is 7.87. The highest BCUT2D eigenvalue weighted by atomic mass is 32.2. The summed E-state index contributed by atoms with van der Waals surface area (Å²) in [6.45, 7) is 2.10. The first kappa shape index (κ1) is 20.5. The molecule has 0 fully saturated rings. The van der Waals surface area contributed by atoms with Crippen LogP contribution in [0, 0.1) is 0 Å². The molecule has 10 heteroatoms. The number of hydrogen-bond acceptors (Lipinski definition) is 7. The minimum absolute atomic E-state index is 0.00274. The van der Waals surface area contributed by atoms with Crippen molar-refractivity contribution in [1.29, 1.82) is 0 Å². The van der Waals surface area contributed by atoms with Crippen LogP contribution >= 0.6 is 12.2 Å². The molecule has 0 unspecified atom stereocenters. The molecule has 27 heavy (non-hydrogen) atoms. The van der Waals surface area contributed by atoms with Crippen LogP contribution in [0.5, 0.6) is 17.2 Å². The number of hydrogen-bond donors (Lipinski definition) is 2. The molecule has 0 spiro atoms. The molecule has 0 aromatic heterocycles. The maximum absolute atomic E-state index is 12.5. The first-order valence-electron chi connectivity index (χ1n) is 7.79. The van der Waals surface area contributed by atoms with Crippen LogP contribution in [0.1, 0.15) is 12.5 Å². The van der Waals surface area contributed by atoms with Gasteiger partial charge in [-0.2, -0.15) is 13.5 Å². The largest absolute Gasteiger partial charge is 0.497 e. The zero-order valence-corrected chi connectivity index (χ0v) is 16.3. The average Bonchev–Trinajstić information content (AvgIpc) is 2.63. The Bertz CT molecular complexity index is 928. The zero-order chi connectivity index (χ0) is 19.9. The maximum Gasteiger partial charge on any atom is 0.339 e. The molecule has 0 amide bonds. The molecule has 0 radical (unpaired) electrons. The van der Waals surface area contributed by atoms with Gasteiger partial charge >= 0.3 is 10.1 Å². The molecular formula is C17H19N3O5S2. The summed E-state index contributed by atoms with van der Waals surface area (Å²) in [6, 6.07) is 10.6. The summed E-state index contributed by atoms with van der Waals surface area (Å²) in [5.74, 6) is 0.860. The van der Waals surface area contributed by atoms with E-state index in [1.807, 2.05) is 0 Å². The van der Waals surface area contributed by atoms with Crippen LogP contribution in [0.25, 0.3) is 0 Å². The summed E-state index contributed by atoms with van der Waals surface area (Å²) in [5, 5.41) is 3.87. The molecule has 2 aromatic carbocycles. The lowest BCUT2D eigenvalue weighted by atomic mass is 10.2. The van der Waals surface area contributed by atoms with E-state index < -0.39 is 10.1 Å². The molecule has 0 bridgehead atoms. The molecule has 144 valence electrons. The topological polar surface area (TPSA) is 112 Å². The Balaban J connectivity index is 2.27. The fraction of sp³-hybridized carbons (Fsp3) is 0.176.